The molecule has 1 aromatic carbocycles. The Morgan fingerprint density at radius 3 is 2.53 bits per heavy atom. The van der Waals surface area contributed by atoms with E-state index in [9.17, 15) is 8.42 Å². The standard InChI is InChI=1S/C11H13ClO4S/c1-15-10-7-9(16-8-3-2-4-8)5-6-11(10)17(12,13)14/h5-8H,2-4H2,1H3. The monoisotopic (exact) mass is 276 g/mol. The average Bonchev–Trinajstić information content (AvgIpc) is 2.21. The lowest BCUT2D eigenvalue weighted by Crippen LogP contribution is -2.24. The number of methoxy groups -OCH3 is 1. The van der Waals surface area contributed by atoms with Crippen molar-refractivity contribution in [3.63, 3.8) is 0 Å². The van der Waals surface area contributed by atoms with E-state index in [1.165, 1.54) is 19.6 Å². The molecule has 0 bridgehead atoms. The summed E-state index contributed by atoms with van der Waals surface area (Å²) in [6.07, 6.45) is 3.49. The zero-order chi connectivity index (χ0) is 12.5. The Bertz CT molecular complexity index is 508. The summed E-state index contributed by atoms with van der Waals surface area (Å²) in [5.74, 6) is 0.812. The Morgan fingerprint density at radius 2 is 2.06 bits per heavy atom. The summed E-state index contributed by atoms with van der Waals surface area (Å²) in [5.41, 5.74) is 0. The van der Waals surface area contributed by atoms with E-state index in [1.54, 1.807) is 12.1 Å². The van der Waals surface area contributed by atoms with Gasteiger partial charge >= 0.3 is 0 Å². The van der Waals surface area contributed by atoms with Crippen LogP contribution in [0.5, 0.6) is 11.5 Å². The molecule has 0 aliphatic heterocycles. The zero-order valence-corrected chi connectivity index (χ0v) is 10.9. The molecule has 2 rings (SSSR count). The summed E-state index contributed by atoms with van der Waals surface area (Å²) in [4.78, 5) is -0.0392. The lowest BCUT2D eigenvalue weighted by Gasteiger charge is -2.26. The van der Waals surface area contributed by atoms with Gasteiger partial charge in [0.25, 0.3) is 9.05 Å². The van der Waals surface area contributed by atoms with Crippen LogP contribution in [0, 0.1) is 0 Å². The molecule has 0 saturated heterocycles. The maximum absolute atomic E-state index is 11.3. The second-order valence-electron chi connectivity index (χ2n) is 3.92. The van der Waals surface area contributed by atoms with Crippen molar-refractivity contribution >= 4 is 19.7 Å². The van der Waals surface area contributed by atoms with Crippen LogP contribution in [0.4, 0.5) is 0 Å². The van der Waals surface area contributed by atoms with Crippen LogP contribution in [0.1, 0.15) is 19.3 Å². The van der Waals surface area contributed by atoms with Crippen molar-refractivity contribution in [1.29, 1.82) is 0 Å². The van der Waals surface area contributed by atoms with Crippen molar-refractivity contribution in [2.24, 2.45) is 0 Å². The van der Waals surface area contributed by atoms with Gasteiger partial charge < -0.3 is 9.47 Å². The number of hydrogen-bond acceptors (Lipinski definition) is 4. The van der Waals surface area contributed by atoms with Crippen molar-refractivity contribution in [3.05, 3.63) is 18.2 Å². The van der Waals surface area contributed by atoms with E-state index in [-0.39, 0.29) is 16.7 Å². The van der Waals surface area contributed by atoms with E-state index >= 15 is 0 Å². The number of hydrogen-bond donors (Lipinski definition) is 0. The van der Waals surface area contributed by atoms with Crippen LogP contribution >= 0.6 is 10.7 Å². The molecule has 4 nitrogen and oxygen atoms in total. The molecule has 0 heterocycles. The molecule has 1 aliphatic carbocycles. The maximum Gasteiger partial charge on any atom is 0.264 e. The van der Waals surface area contributed by atoms with E-state index < -0.39 is 9.05 Å². The van der Waals surface area contributed by atoms with Gasteiger partial charge in [-0.15, -0.1) is 0 Å². The van der Waals surface area contributed by atoms with Gasteiger partial charge in [-0.1, -0.05) is 0 Å². The lowest BCUT2D eigenvalue weighted by molar-refractivity contribution is 0.120. The summed E-state index contributed by atoms with van der Waals surface area (Å²) < 4.78 is 33.2. The van der Waals surface area contributed by atoms with Gasteiger partial charge in [0, 0.05) is 16.7 Å². The molecule has 0 atom stereocenters. The first-order valence-electron chi connectivity index (χ1n) is 5.30. The second-order valence-corrected chi connectivity index (χ2v) is 6.46. The Balaban J connectivity index is 2.27. The third kappa shape index (κ3) is 2.84. The van der Waals surface area contributed by atoms with Crippen LogP contribution in [0.25, 0.3) is 0 Å². The van der Waals surface area contributed by atoms with Crippen molar-refractivity contribution in [1.82, 2.24) is 0 Å². The van der Waals surface area contributed by atoms with Crippen LogP contribution in [-0.2, 0) is 9.05 Å². The fraction of sp³-hybridized carbons (Fsp3) is 0.455. The van der Waals surface area contributed by atoms with Gasteiger partial charge in [-0.25, -0.2) is 8.42 Å². The summed E-state index contributed by atoms with van der Waals surface area (Å²) in [6.45, 7) is 0. The molecule has 1 saturated carbocycles. The summed E-state index contributed by atoms with van der Waals surface area (Å²) in [6, 6.07) is 4.54. The fourth-order valence-corrected chi connectivity index (χ4v) is 2.60. The van der Waals surface area contributed by atoms with E-state index in [1.807, 2.05) is 0 Å². The number of ether oxygens (including phenoxy) is 2. The minimum Gasteiger partial charge on any atom is -0.495 e. The highest BCUT2D eigenvalue weighted by Gasteiger charge is 2.21. The Hall–Kier alpha value is -0.940. The minimum atomic E-state index is -3.79. The quantitative estimate of drug-likeness (QED) is 0.793. The van der Waals surface area contributed by atoms with E-state index in [4.69, 9.17) is 20.2 Å². The first-order chi connectivity index (χ1) is 8.00. The van der Waals surface area contributed by atoms with Crippen molar-refractivity contribution in [2.75, 3.05) is 7.11 Å². The molecular formula is C11H13ClO4S. The zero-order valence-electron chi connectivity index (χ0n) is 9.35. The molecule has 1 fully saturated rings. The Morgan fingerprint density at radius 1 is 1.35 bits per heavy atom. The highest BCUT2D eigenvalue weighted by Crippen LogP contribution is 2.33. The van der Waals surface area contributed by atoms with Crippen LogP contribution in [0.3, 0.4) is 0 Å². The first kappa shape index (κ1) is 12.5. The van der Waals surface area contributed by atoms with Gasteiger partial charge in [0.05, 0.1) is 13.2 Å². The Labute approximate surface area is 105 Å². The minimum absolute atomic E-state index is 0.0392. The van der Waals surface area contributed by atoms with Crippen molar-refractivity contribution < 1.29 is 17.9 Å². The van der Waals surface area contributed by atoms with Crippen LogP contribution in [0.2, 0.25) is 0 Å². The normalized spacial score (nSPS) is 16.4. The third-order valence-electron chi connectivity index (χ3n) is 2.75. The fourth-order valence-electron chi connectivity index (χ4n) is 1.60. The average molecular weight is 277 g/mol. The van der Waals surface area contributed by atoms with Gasteiger partial charge in [-0.2, -0.15) is 0 Å². The molecule has 94 valence electrons. The molecule has 1 aliphatic rings. The van der Waals surface area contributed by atoms with Gasteiger partial charge in [-0.3, -0.25) is 0 Å². The molecule has 0 radical (unpaired) electrons. The predicted molar refractivity (Wildman–Crippen MR) is 64.3 cm³/mol. The molecule has 0 N–H and O–H groups in total. The second kappa shape index (κ2) is 4.74. The van der Waals surface area contributed by atoms with Gasteiger partial charge in [0.15, 0.2) is 0 Å². The smallest absolute Gasteiger partial charge is 0.264 e. The molecule has 0 aromatic heterocycles. The third-order valence-corrected chi connectivity index (χ3v) is 4.11. The topological polar surface area (TPSA) is 52.6 Å². The van der Waals surface area contributed by atoms with Gasteiger partial charge in [0.1, 0.15) is 16.4 Å². The summed E-state index contributed by atoms with van der Waals surface area (Å²) >= 11 is 0. The van der Waals surface area contributed by atoms with Crippen molar-refractivity contribution in [2.45, 2.75) is 30.3 Å². The van der Waals surface area contributed by atoms with Crippen molar-refractivity contribution in [3.8, 4) is 11.5 Å². The molecule has 0 amide bonds. The molecule has 17 heavy (non-hydrogen) atoms. The summed E-state index contributed by atoms with van der Waals surface area (Å²) in [5, 5.41) is 0. The number of benzene rings is 1. The molecule has 1 aromatic rings. The summed E-state index contributed by atoms with van der Waals surface area (Å²) in [7, 11) is 2.90. The van der Waals surface area contributed by atoms with Gasteiger partial charge in [0.2, 0.25) is 0 Å². The first-order valence-corrected chi connectivity index (χ1v) is 7.61. The highest BCUT2D eigenvalue weighted by atomic mass is 35.7. The van der Waals surface area contributed by atoms with Gasteiger partial charge in [-0.05, 0) is 31.4 Å². The number of rotatable bonds is 4. The molecule has 0 unspecified atom stereocenters. The maximum atomic E-state index is 11.3. The van der Waals surface area contributed by atoms with E-state index in [2.05, 4.69) is 0 Å². The van der Waals surface area contributed by atoms with Crippen LogP contribution in [0.15, 0.2) is 23.1 Å². The van der Waals surface area contributed by atoms with Crippen LogP contribution < -0.4 is 9.47 Å². The molecular weight excluding hydrogens is 264 g/mol. The largest absolute Gasteiger partial charge is 0.495 e. The highest BCUT2D eigenvalue weighted by molar-refractivity contribution is 8.13. The van der Waals surface area contributed by atoms with Crippen LogP contribution in [-0.4, -0.2) is 21.6 Å². The lowest BCUT2D eigenvalue weighted by atomic mass is 9.96. The Kier molecular flexibility index (Phi) is 3.49. The number of halogens is 1. The molecule has 6 heteroatoms. The SMILES string of the molecule is COc1cc(OC2CCC2)ccc1S(=O)(=O)Cl. The predicted octanol–water partition coefficient (Wildman–Crippen LogP) is 2.55. The van der Waals surface area contributed by atoms with E-state index in [0.717, 1.165) is 12.8 Å². The van der Waals surface area contributed by atoms with E-state index in [0.29, 0.717) is 5.75 Å². The molecule has 0 spiro atoms.